The lowest BCUT2D eigenvalue weighted by Crippen LogP contribution is -2.08. The van der Waals surface area contributed by atoms with E-state index in [2.05, 4.69) is 5.32 Å². The number of hydrogen-bond donors (Lipinski definition) is 2. The molecule has 92 valence electrons. The molecule has 4 heteroatoms. The van der Waals surface area contributed by atoms with Gasteiger partial charge >= 0.3 is 0 Å². The van der Waals surface area contributed by atoms with Gasteiger partial charge in [-0.05, 0) is 37.3 Å². The molecule has 18 heavy (non-hydrogen) atoms. The number of aromatic hydroxyl groups is 1. The number of amides is 1. The molecule has 0 atom stereocenters. The van der Waals surface area contributed by atoms with Gasteiger partial charge in [0, 0.05) is 17.3 Å². The highest BCUT2D eigenvalue weighted by atomic mass is 16.3. The minimum absolute atomic E-state index is 0.155. The Kier molecular flexibility index (Phi) is 3.48. The van der Waals surface area contributed by atoms with E-state index < -0.39 is 0 Å². The van der Waals surface area contributed by atoms with Crippen LogP contribution in [0.4, 0.5) is 5.69 Å². The van der Waals surface area contributed by atoms with Crippen LogP contribution in [0.2, 0.25) is 0 Å². The monoisotopic (exact) mass is 243 g/mol. The maximum atomic E-state index is 11.6. The zero-order valence-corrected chi connectivity index (χ0v) is 9.88. The van der Waals surface area contributed by atoms with Crippen molar-refractivity contribution >= 4 is 17.7 Å². The Morgan fingerprint density at radius 2 is 2.17 bits per heavy atom. The summed E-state index contributed by atoms with van der Waals surface area (Å²) in [4.78, 5) is 11.6. The first-order valence-electron chi connectivity index (χ1n) is 5.48. The van der Waals surface area contributed by atoms with Crippen LogP contribution in [0.1, 0.15) is 11.3 Å². The van der Waals surface area contributed by atoms with Crippen LogP contribution in [0.15, 0.2) is 47.1 Å². The highest BCUT2D eigenvalue weighted by molar-refractivity contribution is 6.02. The Morgan fingerprint density at radius 3 is 2.89 bits per heavy atom. The summed E-state index contributed by atoms with van der Waals surface area (Å²) in [6.07, 6.45) is 4.49. The second-order valence-electron chi connectivity index (χ2n) is 3.79. The van der Waals surface area contributed by atoms with E-state index in [1.807, 2.05) is 0 Å². The van der Waals surface area contributed by atoms with Crippen molar-refractivity contribution in [3.8, 4) is 5.75 Å². The number of nitrogens with one attached hydrogen (secondary N) is 1. The van der Waals surface area contributed by atoms with Gasteiger partial charge < -0.3 is 14.8 Å². The smallest absolute Gasteiger partial charge is 0.248 e. The average molecular weight is 243 g/mol. The van der Waals surface area contributed by atoms with E-state index >= 15 is 0 Å². The van der Waals surface area contributed by atoms with Crippen LogP contribution < -0.4 is 5.32 Å². The van der Waals surface area contributed by atoms with Crippen molar-refractivity contribution in [1.29, 1.82) is 0 Å². The number of carbonyl (C=O) groups is 1. The van der Waals surface area contributed by atoms with E-state index in [0.717, 1.165) is 0 Å². The summed E-state index contributed by atoms with van der Waals surface area (Å²) in [7, 11) is 0. The minimum atomic E-state index is -0.278. The van der Waals surface area contributed by atoms with Crippen LogP contribution in [0.5, 0.6) is 5.75 Å². The normalized spacial score (nSPS) is 10.7. The van der Waals surface area contributed by atoms with Gasteiger partial charge in [-0.2, -0.15) is 0 Å². The van der Waals surface area contributed by atoms with Gasteiger partial charge in [-0.15, -0.1) is 0 Å². The lowest BCUT2D eigenvalue weighted by Gasteiger charge is -2.07. The SMILES string of the molecule is Cc1c(O)cccc1NC(=O)C=Cc1ccco1. The van der Waals surface area contributed by atoms with Gasteiger partial charge in [-0.3, -0.25) is 4.79 Å². The number of phenols is 1. The number of phenolic OH excluding ortho intramolecular Hbond substituents is 1. The molecular formula is C14H13NO3. The van der Waals surface area contributed by atoms with Gasteiger partial charge in [-0.1, -0.05) is 6.07 Å². The number of furan rings is 1. The second-order valence-corrected chi connectivity index (χ2v) is 3.79. The minimum Gasteiger partial charge on any atom is -0.508 e. The van der Waals surface area contributed by atoms with Crippen LogP contribution in [-0.2, 0) is 4.79 Å². The molecular weight excluding hydrogens is 230 g/mol. The molecule has 0 aliphatic rings. The molecule has 1 aromatic carbocycles. The maximum Gasteiger partial charge on any atom is 0.248 e. The highest BCUT2D eigenvalue weighted by Crippen LogP contribution is 2.23. The number of carbonyl (C=O) groups excluding carboxylic acids is 1. The van der Waals surface area contributed by atoms with Gasteiger partial charge in [0.05, 0.1) is 6.26 Å². The lowest BCUT2D eigenvalue weighted by atomic mass is 10.2. The summed E-state index contributed by atoms with van der Waals surface area (Å²) < 4.78 is 5.07. The van der Waals surface area contributed by atoms with Crippen LogP contribution in [0.3, 0.4) is 0 Å². The summed E-state index contributed by atoms with van der Waals surface area (Å²) in [5, 5.41) is 12.2. The molecule has 0 aliphatic heterocycles. The predicted octanol–water partition coefficient (Wildman–Crippen LogP) is 2.95. The number of rotatable bonds is 3. The van der Waals surface area contributed by atoms with Crippen molar-refractivity contribution in [3.63, 3.8) is 0 Å². The van der Waals surface area contributed by atoms with E-state index in [4.69, 9.17) is 4.42 Å². The topological polar surface area (TPSA) is 62.5 Å². The van der Waals surface area contributed by atoms with Crippen LogP contribution in [0.25, 0.3) is 6.08 Å². The van der Waals surface area contributed by atoms with E-state index in [0.29, 0.717) is 17.0 Å². The molecule has 2 aromatic rings. The Labute approximate surface area is 105 Å². The lowest BCUT2D eigenvalue weighted by molar-refractivity contribution is -0.111. The molecule has 2 N–H and O–H groups in total. The summed E-state index contributed by atoms with van der Waals surface area (Å²) in [5.41, 5.74) is 1.22. The summed E-state index contributed by atoms with van der Waals surface area (Å²) in [6.45, 7) is 1.74. The largest absolute Gasteiger partial charge is 0.508 e. The molecule has 0 unspecified atom stereocenters. The summed E-state index contributed by atoms with van der Waals surface area (Å²) in [5.74, 6) is 0.487. The molecule has 2 rings (SSSR count). The van der Waals surface area contributed by atoms with Crippen molar-refractivity contribution in [2.75, 3.05) is 5.32 Å². The molecule has 0 spiro atoms. The zero-order valence-electron chi connectivity index (χ0n) is 9.88. The molecule has 0 saturated heterocycles. The van der Waals surface area contributed by atoms with Crippen molar-refractivity contribution in [2.45, 2.75) is 6.92 Å². The van der Waals surface area contributed by atoms with Crippen molar-refractivity contribution in [1.82, 2.24) is 0 Å². The molecule has 1 amide bonds. The molecule has 1 heterocycles. The molecule has 0 fully saturated rings. The maximum absolute atomic E-state index is 11.6. The average Bonchev–Trinajstić information content (AvgIpc) is 2.86. The van der Waals surface area contributed by atoms with Crippen molar-refractivity contribution < 1.29 is 14.3 Å². The Bertz CT molecular complexity index is 571. The van der Waals surface area contributed by atoms with Gasteiger partial charge in [0.15, 0.2) is 0 Å². The molecule has 0 aliphatic carbocycles. The molecule has 0 saturated carbocycles. The standard InChI is InChI=1S/C14H13NO3/c1-10-12(5-2-6-13(10)16)15-14(17)8-7-11-4-3-9-18-11/h2-9,16H,1H3,(H,15,17). The first-order valence-corrected chi connectivity index (χ1v) is 5.48. The number of hydrogen-bond acceptors (Lipinski definition) is 3. The van der Waals surface area contributed by atoms with E-state index in [1.54, 1.807) is 43.3 Å². The molecule has 0 bridgehead atoms. The van der Waals surface area contributed by atoms with E-state index in [1.165, 1.54) is 12.3 Å². The fraction of sp³-hybridized carbons (Fsp3) is 0.0714. The van der Waals surface area contributed by atoms with Crippen LogP contribution in [-0.4, -0.2) is 11.0 Å². The summed E-state index contributed by atoms with van der Waals surface area (Å²) >= 11 is 0. The fourth-order valence-corrected chi connectivity index (χ4v) is 1.48. The highest BCUT2D eigenvalue weighted by Gasteiger charge is 2.04. The van der Waals surface area contributed by atoms with E-state index in [-0.39, 0.29) is 11.7 Å². The van der Waals surface area contributed by atoms with Crippen molar-refractivity contribution in [2.24, 2.45) is 0 Å². The Morgan fingerprint density at radius 1 is 1.33 bits per heavy atom. The van der Waals surface area contributed by atoms with Gasteiger partial charge in [0.2, 0.25) is 5.91 Å². The van der Waals surface area contributed by atoms with Gasteiger partial charge in [-0.25, -0.2) is 0 Å². The molecule has 1 aromatic heterocycles. The Balaban J connectivity index is 2.05. The third kappa shape index (κ3) is 2.79. The van der Waals surface area contributed by atoms with Gasteiger partial charge in [0.25, 0.3) is 0 Å². The van der Waals surface area contributed by atoms with E-state index in [9.17, 15) is 9.90 Å². The fourth-order valence-electron chi connectivity index (χ4n) is 1.48. The second kappa shape index (κ2) is 5.23. The first kappa shape index (κ1) is 12.0. The van der Waals surface area contributed by atoms with Crippen molar-refractivity contribution in [3.05, 3.63) is 54.0 Å². The van der Waals surface area contributed by atoms with Gasteiger partial charge in [0.1, 0.15) is 11.5 Å². The number of benzene rings is 1. The molecule has 0 radical (unpaired) electrons. The number of anilines is 1. The zero-order chi connectivity index (χ0) is 13.0. The Hall–Kier alpha value is -2.49. The third-order valence-electron chi connectivity index (χ3n) is 2.51. The quantitative estimate of drug-likeness (QED) is 0.815. The molecule has 4 nitrogen and oxygen atoms in total. The van der Waals surface area contributed by atoms with Crippen LogP contribution >= 0.6 is 0 Å². The summed E-state index contributed by atoms with van der Waals surface area (Å²) in [6, 6.07) is 8.48. The predicted molar refractivity (Wildman–Crippen MR) is 69.2 cm³/mol. The third-order valence-corrected chi connectivity index (χ3v) is 2.51. The first-order chi connectivity index (χ1) is 8.66. The van der Waals surface area contributed by atoms with Crippen LogP contribution in [0, 0.1) is 6.92 Å².